The molecule has 12 nitrogen and oxygen atoms in total. The van der Waals surface area contributed by atoms with Crippen molar-refractivity contribution in [3.63, 3.8) is 0 Å². The summed E-state index contributed by atoms with van der Waals surface area (Å²) in [4.78, 5) is 53.3. The van der Waals surface area contributed by atoms with Gasteiger partial charge in [0.05, 0.1) is 35.7 Å². The zero-order chi connectivity index (χ0) is 35.1. The maximum atomic E-state index is 14.0. The van der Waals surface area contributed by atoms with Gasteiger partial charge in [-0.3, -0.25) is 9.59 Å². The molecular formula is C37H42O12. The summed E-state index contributed by atoms with van der Waals surface area (Å²) in [6, 6.07) is 16.9. The number of rotatable bonds is 6. The summed E-state index contributed by atoms with van der Waals surface area (Å²) in [5.41, 5.74) is -1.59. The van der Waals surface area contributed by atoms with Crippen LogP contribution < -0.4 is 0 Å². The molecule has 2 aromatic rings. The first kappa shape index (κ1) is 33.6. The molecular weight excluding hydrogens is 636 g/mol. The van der Waals surface area contributed by atoms with E-state index in [4.69, 9.17) is 33.2 Å². The second-order valence-corrected chi connectivity index (χ2v) is 14.8. The number of carbonyl (C=O) groups excluding carboxylic acids is 4. The molecule has 3 heterocycles. The van der Waals surface area contributed by atoms with Crippen LogP contribution in [-0.4, -0.2) is 83.8 Å². The van der Waals surface area contributed by atoms with Gasteiger partial charge in [0.15, 0.2) is 11.9 Å². The minimum absolute atomic E-state index is 0.0727. The molecule has 0 radical (unpaired) electrons. The normalized spacial score (nSPS) is 41.1. The van der Waals surface area contributed by atoms with Crippen molar-refractivity contribution in [2.24, 2.45) is 28.6 Å². The third-order valence-electron chi connectivity index (χ3n) is 11.6. The van der Waals surface area contributed by atoms with Gasteiger partial charge in [0, 0.05) is 24.7 Å². The largest absolute Gasteiger partial charge is 0.458 e. The highest BCUT2D eigenvalue weighted by Gasteiger charge is 2.85. The van der Waals surface area contributed by atoms with Gasteiger partial charge >= 0.3 is 23.9 Å². The summed E-state index contributed by atoms with van der Waals surface area (Å²) in [7, 11) is 0. The molecule has 0 unspecified atom stereocenters. The quantitative estimate of drug-likeness (QED) is 0.268. The SMILES string of the molecule is CC(=O)O[C@H]1[C@@H](OC(C)=O)C(C)(C)[C@@H]2C[C@H]3O[C@]34O[C@]3(C)OC[C@@H](O)[C@H]3[C@@H](OC(=O)c3ccccc3)[C@@H]4[C@@]2(C)[C@H]1OC(=O)c1ccccc1. The Kier molecular flexibility index (Phi) is 7.98. The molecule has 12 atom stereocenters. The summed E-state index contributed by atoms with van der Waals surface area (Å²) in [5.74, 6) is -7.55. The summed E-state index contributed by atoms with van der Waals surface area (Å²) in [5, 5.41) is 11.4. The Bertz CT molecular complexity index is 1640. The maximum Gasteiger partial charge on any atom is 0.338 e. The zero-order valence-corrected chi connectivity index (χ0v) is 28.3. The van der Waals surface area contributed by atoms with Crippen LogP contribution in [0.2, 0.25) is 0 Å². The fourth-order valence-corrected chi connectivity index (χ4v) is 9.65. The van der Waals surface area contributed by atoms with Gasteiger partial charge in [-0.2, -0.15) is 0 Å². The van der Waals surface area contributed by atoms with Crippen molar-refractivity contribution in [3.8, 4) is 0 Å². The van der Waals surface area contributed by atoms with Gasteiger partial charge in [0.2, 0.25) is 5.79 Å². The van der Waals surface area contributed by atoms with E-state index in [-0.39, 0.29) is 12.2 Å². The molecule has 2 saturated carbocycles. The highest BCUT2D eigenvalue weighted by atomic mass is 16.9. The van der Waals surface area contributed by atoms with Crippen molar-refractivity contribution in [1.82, 2.24) is 0 Å². The van der Waals surface area contributed by atoms with Gasteiger partial charge in [-0.1, -0.05) is 57.2 Å². The summed E-state index contributed by atoms with van der Waals surface area (Å²) < 4.78 is 44.1. The number of carbonyl (C=O) groups is 4. The summed E-state index contributed by atoms with van der Waals surface area (Å²) >= 11 is 0. The molecule has 2 aliphatic carbocycles. The number of aliphatic hydroxyl groups is 1. The minimum atomic E-state index is -1.38. The van der Waals surface area contributed by atoms with Crippen molar-refractivity contribution in [2.45, 2.75) is 96.2 Å². The Balaban J connectivity index is 1.42. The van der Waals surface area contributed by atoms with Crippen LogP contribution in [0.4, 0.5) is 0 Å². The molecule has 0 aromatic heterocycles. The Labute approximate surface area is 284 Å². The van der Waals surface area contributed by atoms with E-state index < -0.39 is 101 Å². The lowest BCUT2D eigenvalue weighted by Crippen LogP contribution is -2.76. The van der Waals surface area contributed by atoms with Crippen LogP contribution in [0.15, 0.2) is 60.7 Å². The first-order valence-corrected chi connectivity index (χ1v) is 16.7. The van der Waals surface area contributed by atoms with Crippen LogP contribution in [0, 0.1) is 28.6 Å². The standard InChI is InChI=1S/C37H42O12/c1-19(38)44-28-30(45-20(2)39)34(3,4)24-17-25-37(48-25)29(35(24,5)31(28)47-33(42)22-15-11-8-12-16-22)27(26-23(40)18-43-36(26,6)49-37)46-32(41)21-13-9-7-10-14-21/h7-16,23-31,40H,17-18H2,1-6H3/t23-,24+,25-,26+,27-,28+,29-,30-,31+,35+,36+,37+/m1/s1. The molecule has 12 heteroatoms. The predicted molar refractivity (Wildman–Crippen MR) is 168 cm³/mol. The average Bonchev–Trinajstić information content (AvgIpc) is 3.65. The van der Waals surface area contributed by atoms with Crippen LogP contribution >= 0.6 is 0 Å². The number of ether oxygens (including phenoxy) is 7. The van der Waals surface area contributed by atoms with Crippen molar-refractivity contribution < 1.29 is 57.4 Å². The number of benzene rings is 2. The Morgan fingerprint density at radius 1 is 0.755 bits per heavy atom. The number of hydrogen-bond donors (Lipinski definition) is 1. The molecule has 0 bridgehead atoms. The lowest BCUT2D eigenvalue weighted by molar-refractivity contribution is -0.373. The molecule has 7 rings (SSSR count). The van der Waals surface area contributed by atoms with Crippen molar-refractivity contribution in [2.75, 3.05) is 6.61 Å². The minimum Gasteiger partial charge on any atom is -0.458 e. The number of hydrogen-bond acceptors (Lipinski definition) is 12. The molecule has 0 amide bonds. The van der Waals surface area contributed by atoms with Crippen molar-refractivity contribution in [1.29, 1.82) is 0 Å². The Hall–Kier alpha value is -3.84. The van der Waals surface area contributed by atoms with Crippen LogP contribution in [0.25, 0.3) is 0 Å². The third kappa shape index (κ3) is 5.17. The van der Waals surface area contributed by atoms with Crippen LogP contribution in [-0.2, 0) is 42.7 Å². The number of aliphatic hydroxyl groups excluding tert-OH is 1. The highest BCUT2D eigenvalue weighted by Crippen LogP contribution is 2.73. The average molecular weight is 679 g/mol. The summed E-state index contributed by atoms with van der Waals surface area (Å²) in [6.45, 7) is 9.85. The topological polar surface area (TPSA) is 156 Å². The molecule has 3 aliphatic heterocycles. The van der Waals surface area contributed by atoms with Gasteiger partial charge in [-0.15, -0.1) is 0 Å². The zero-order valence-electron chi connectivity index (χ0n) is 28.3. The fraction of sp³-hybridized carbons (Fsp3) is 0.568. The van der Waals surface area contributed by atoms with Gasteiger partial charge < -0.3 is 38.3 Å². The van der Waals surface area contributed by atoms with Crippen LogP contribution in [0.3, 0.4) is 0 Å². The van der Waals surface area contributed by atoms with E-state index in [1.165, 1.54) is 13.8 Å². The molecule has 5 aliphatic rings. The molecule has 1 N–H and O–H groups in total. The maximum absolute atomic E-state index is 14.0. The van der Waals surface area contributed by atoms with Gasteiger partial charge in [-0.05, 0) is 43.5 Å². The fourth-order valence-electron chi connectivity index (χ4n) is 9.65. The molecule has 3 saturated heterocycles. The third-order valence-corrected chi connectivity index (χ3v) is 11.6. The van der Waals surface area contributed by atoms with Crippen molar-refractivity contribution in [3.05, 3.63) is 71.8 Å². The highest BCUT2D eigenvalue weighted by molar-refractivity contribution is 5.90. The number of fused-ring (bicyclic) bond motifs is 3. The lowest BCUT2D eigenvalue weighted by atomic mass is 9.43. The van der Waals surface area contributed by atoms with E-state index in [0.29, 0.717) is 12.0 Å². The monoisotopic (exact) mass is 678 g/mol. The van der Waals surface area contributed by atoms with Crippen LogP contribution in [0.1, 0.15) is 68.7 Å². The molecule has 2 aromatic carbocycles. The summed E-state index contributed by atoms with van der Waals surface area (Å²) in [6.07, 6.45) is -5.86. The first-order chi connectivity index (χ1) is 23.1. The molecule has 262 valence electrons. The number of esters is 4. The first-order valence-electron chi connectivity index (χ1n) is 16.7. The van der Waals surface area contributed by atoms with Gasteiger partial charge in [-0.25, -0.2) is 9.59 Å². The van der Waals surface area contributed by atoms with E-state index in [1.807, 2.05) is 20.8 Å². The van der Waals surface area contributed by atoms with Gasteiger partial charge in [0.1, 0.15) is 24.4 Å². The second kappa shape index (κ2) is 11.6. The smallest absolute Gasteiger partial charge is 0.338 e. The molecule has 1 spiro atoms. The molecule has 5 fully saturated rings. The number of epoxide rings is 1. The molecule has 49 heavy (non-hydrogen) atoms. The van der Waals surface area contributed by atoms with E-state index in [9.17, 15) is 24.3 Å². The van der Waals surface area contributed by atoms with E-state index in [0.717, 1.165) is 0 Å². The van der Waals surface area contributed by atoms with E-state index in [2.05, 4.69) is 0 Å². The van der Waals surface area contributed by atoms with E-state index >= 15 is 0 Å². The second-order valence-electron chi connectivity index (χ2n) is 14.8. The van der Waals surface area contributed by atoms with E-state index in [1.54, 1.807) is 67.6 Å². The van der Waals surface area contributed by atoms with Crippen LogP contribution in [0.5, 0.6) is 0 Å². The Morgan fingerprint density at radius 2 is 1.33 bits per heavy atom. The van der Waals surface area contributed by atoms with Crippen molar-refractivity contribution >= 4 is 23.9 Å². The lowest BCUT2D eigenvalue weighted by Gasteiger charge is -2.65. The Morgan fingerprint density at radius 3 is 1.90 bits per heavy atom. The predicted octanol–water partition coefficient (Wildman–Crippen LogP) is 3.83. The van der Waals surface area contributed by atoms with Gasteiger partial charge in [0.25, 0.3) is 0 Å².